The number of aliphatic hydroxyl groups is 2. The lowest BCUT2D eigenvalue weighted by molar-refractivity contribution is -0.136. The third-order valence-electron chi connectivity index (χ3n) is 3.80. The van der Waals surface area contributed by atoms with Gasteiger partial charge in [0.05, 0.1) is 6.42 Å². The number of nitrogens with one attached hydrogen (secondary N) is 1. The normalized spacial score (nSPS) is 12.8. The van der Waals surface area contributed by atoms with E-state index < -0.39 is 24.3 Å². The highest BCUT2D eigenvalue weighted by Crippen LogP contribution is 2.27. The molecule has 0 saturated heterocycles. The molecule has 2 aromatic rings. The Morgan fingerprint density at radius 3 is 2.41 bits per heavy atom. The van der Waals surface area contributed by atoms with E-state index in [2.05, 4.69) is 5.32 Å². The number of ether oxygens (including phenoxy) is 1. The highest BCUT2D eigenvalue weighted by Gasteiger charge is 2.23. The molecule has 2 rings (SSSR count). The quantitative estimate of drug-likeness (QED) is 0.470. The molecule has 144 valence electrons. The summed E-state index contributed by atoms with van der Waals surface area (Å²) in [7, 11) is 0. The summed E-state index contributed by atoms with van der Waals surface area (Å²) in [5.41, 5.74) is 1.13. The molecular formula is C19H21NO7. The van der Waals surface area contributed by atoms with Crippen LogP contribution in [0.25, 0.3) is 0 Å². The predicted octanol–water partition coefficient (Wildman–Crippen LogP) is 1.34. The van der Waals surface area contributed by atoms with Gasteiger partial charge in [-0.05, 0) is 23.3 Å². The number of hydrogen-bond donors (Lipinski definition) is 5. The Hall–Kier alpha value is -3.10. The Morgan fingerprint density at radius 2 is 1.74 bits per heavy atom. The molecule has 27 heavy (non-hydrogen) atoms. The van der Waals surface area contributed by atoms with Crippen LogP contribution < -0.4 is 5.32 Å². The van der Waals surface area contributed by atoms with Gasteiger partial charge in [-0.2, -0.15) is 0 Å². The van der Waals surface area contributed by atoms with Crippen LogP contribution in [0.5, 0.6) is 5.75 Å². The van der Waals surface area contributed by atoms with Crippen molar-refractivity contribution in [3.8, 4) is 5.75 Å². The Morgan fingerprint density at radius 1 is 1.04 bits per heavy atom. The van der Waals surface area contributed by atoms with Crippen LogP contribution >= 0.6 is 0 Å². The fraction of sp³-hybridized carbons (Fsp3) is 0.263. The van der Waals surface area contributed by atoms with Crippen molar-refractivity contribution in [3.63, 3.8) is 0 Å². The number of aromatic hydroxyl groups is 1. The van der Waals surface area contributed by atoms with E-state index in [0.717, 1.165) is 5.56 Å². The van der Waals surface area contributed by atoms with Crippen molar-refractivity contribution >= 4 is 12.1 Å². The van der Waals surface area contributed by atoms with Crippen LogP contribution in [0.2, 0.25) is 0 Å². The molecular weight excluding hydrogens is 354 g/mol. The van der Waals surface area contributed by atoms with Gasteiger partial charge in [-0.15, -0.1) is 0 Å². The summed E-state index contributed by atoms with van der Waals surface area (Å²) in [4.78, 5) is 22.5. The molecule has 5 N–H and O–H groups in total. The van der Waals surface area contributed by atoms with E-state index in [0.29, 0.717) is 5.56 Å². The topological polar surface area (TPSA) is 136 Å². The van der Waals surface area contributed by atoms with Crippen LogP contribution in [-0.4, -0.2) is 45.1 Å². The molecule has 0 aliphatic heterocycles. The zero-order valence-electron chi connectivity index (χ0n) is 14.4. The van der Waals surface area contributed by atoms with Gasteiger partial charge in [0.1, 0.15) is 24.6 Å². The largest absolute Gasteiger partial charge is 0.508 e. The number of phenolic OH excluding ortho intramolecular Hbond substituents is 1. The molecule has 8 nitrogen and oxygen atoms in total. The molecule has 2 aromatic carbocycles. The smallest absolute Gasteiger partial charge is 0.407 e. The van der Waals surface area contributed by atoms with Gasteiger partial charge in [-0.25, -0.2) is 4.79 Å². The zero-order chi connectivity index (χ0) is 19.8. The molecule has 0 spiro atoms. The maximum atomic E-state index is 11.7. The number of benzene rings is 2. The van der Waals surface area contributed by atoms with Gasteiger partial charge in [0, 0.05) is 12.1 Å². The summed E-state index contributed by atoms with van der Waals surface area (Å²) in [5.74, 6) is -1.35. The number of alkyl carbamates (subject to hydrolysis) is 1. The van der Waals surface area contributed by atoms with Crippen LogP contribution in [0.1, 0.15) is 22.8 Å². The first-order chi connectivity index (χ1) is 12.9. The first kappa shape index (κ1) is 20.2. The van der Waals surface area contributed by atoms with E-state index in [9.17, 15) is 24.9 Å². The molecule has 0 bridgehead atoms. The molecule has 0 heterocycles. The number of phenols is 1. The summed E-state index contributed by atoms with van der Waals surface area (Å²) >= 11 is 0. The van der Waals surface area contributed by atoms with E-state index in [4.69, 9.17) is 9.84 Å². The molecule has 0 aromatic heterocycles. The fourth-order valence-corrected chi connectivity index (χ4v) is 2.41. The number of carboxylic acids is 1. The van der Waals surface area contributed by atoms with Gasteiger partial charge in [0.2, 0.25) is 0 Å². The maximum Gasteiger partial charge on any atom is 0.407 e. The van der Waals surface area contributed by atoms with Gasteiger partial charge in [-0.1, -0.05) is 36.4 Å². The number of amides is 1. The second-order valence-corrected chi connectivity index (χ2v) is 5.92. The van der Waals surface area contributed by atoms with Gasteiger partial charge in [0.15, 0.2) is 0 Å². The molecule has 0 saturated carbocycles. The third-order valence-corrected chi connectivity index (χ3v) is 3.80. The first-order valence-corrected chi connectivity index (χ1v) is 8.21. The number of aliphatic carboxylic acids is 1. The van der Waals surface area contributed by atoms with Crippen molar-refractivity contribution in [1.29, 1.82) is 0 Å². The lowest BCUT2D eigenvalue weighted by atomic mass is 9.99. The summed E-state index contributed by atoms with van der Waals surface area (Å²) in [6, 6.07) is 13.0. The fourth-order valence-electron chi connectivity index (χ4n) is 2.41. The average molecular weight is 375 g/mol. The Bertz CT molecular complexity index is 779. The van der Waals surface area contributed by atoms with E-state index in [1.54, 1.807) is 12.1 Å². The van der Waals surface area contributed by atoms with Crippen molar-refractivity contribution in [1.82, 2.24) is 5.32 Å². The Balaban J connectivity index is 1.88. The van der Waals surface area contributed by atoms with Crippen LogP contribution in [0.15, 0.2) is 48.5 Å². The maximum absolute atomic E-state index is 11.7. The van der Waals surface area contributed by atoms with Crippen LogP contribution in [-0.2, 0) is 22.6 Å². The summed E-state index contributed by atoms with van der Waals surface area (Å²) in [6.45, 7) is -0.263. The van der Waals surface area contributed by atoms with Crippen LogP contribution in [0.3, 0.4) is 0 Å². The second kappa shape index (κ2) is 9.56. The lowest BCUT2D eigenvalue weighted by Crippen LogP contribution is -2.35. The number of rotatable bonds is 8. The van der Waals surface area contributed by atoms with Crippen molar-refractivity contribution in [2.45, 2.75) is 25.2 Å². The highest BCUT2D eigenvalue weighted by molar-refractivity contribution is 5.70. The van der Waals surface area contributed by atoms with E-state index in [-0.39, 0.29) is 30.9 Å². The minimum Gasteiger partial charge on any atom is -0.508 e. The monoisotopic (exact) mass is 375 g/mol. The molecule has 0 aliphatic carbocycles. The number of aliphatic hydroxyl groups excluding tert-OH is 2. The molecule has 2 atom stereocenters. The lowest BCUT2D eigenvalue weighted by Gasteiger charge is -2.20. The summed E-state index contributed by atoms with van der Waals surface area (Å²) < 4.78 is 4.99. The number of carbonyl (C=O) groups is 2. The van der Waals surface area contributed by atoms with Gasteiger partial charge < -0.3 is 30.5 Å². The molecule has 0 fully saturated rings. The standard InChI is InChI=1S/C19H21NO7/c21-15-7-6-13(9-17(23)24)8-14(15)18(25)16(22)10-20-19(26)27-11-12-4-2-1-3-5-12/h1-8,16,18,21-22,25H,9-11H2,(H,20,26)(H,23,24). The van der Waals surface area contributed by atoms with E-state index in [1.165, 1.54) is 18.2 Å². The molecule has 8 heteroatoms. The van der Waals surface area contributed by atoms with Crippen LogP contribution in [0.4, 0.5) is 4.79 Å². The van der Waals surface area contributed by atoms with Crippen molar-refractivity contribution in [2.75, 3.05) is 6.54 Å². The molecule has 0 aliphatic rings. The van der Waals surface area contributed by atoms with Crippen molar-refractivity contribution in [2.24, 2.45) is 0 Å². The van der Waals surface area contributed by atoms with Crippen LogP contribution in [0, 0.1) is 0 Å². The second-order valence-electron chi connectivity index (χ2n) is 5.92. The molecule has 2 unspecified atom stereocenters. The summed E-state index contributed by atoms with van der Waals surface area (Å²) in [6.07, 6.45) is -4.01. The van der Waals surface area contributed by atoms with Gasteiger partial charge in [-0.3, -0.25) is 4.79 Å². The minimum absolute atomic E-state index is 0.0271. The summed E-state index contributed by atoms with van der Waals surface area (Å²) in [5, 5.41) is 41.2. The van der Waals surface area contributed by atoms with Gasteiger partial charge >= 0.3 is 12.1 Å². The minimum atomic E-state index is -1.52. The number of hydrogen-bond acceptors (Lipinski definition) is 6. The highest BCUT2D eigenvalue weighted by atomic mass is 16.5. The van der Waals surface area contributed by atoms with Crippen molar-refractivity contribution < 1.29 is 34.8 Å². The zero-order valence-corrected chi connectivity index (χ0v) is 14.4. The Labute approximate surface area is 155 Å². The van der Waals surface area contributed by atoms with Crippen molar-refractivity contribution in [3.05, 3.63) is 65.2 Å². The molecule has 0 radical (unpaired) electrons. The predicted molar refractivity (Wildman–Crippen MR) is 95.0 cm³/mol. The molecule has 1 amide bonds. The SMILES string of the molecule is O=C(O)Cc1ccc(O)c(C(O)C(O)CNC(=O)OCc2ccccc2)c1. The first-order valence-electron chi connectivity index (χ1n) is 8.21. The third kappa shape index (κ3) is 6.28. The average Bonchev–Trinajstić information content (AvgIpc) is 2.65. The Kier molecular flexibility index (Phi) is 7.16. The van der Waals surface area contributed by atoms with E-state index >= 15 is 0 Å². The number of carboxylic acid groups (broad SMARTS) is 1. The van der Waals surface area contributed by atoms with E-state index in [1.807, 2.05) is 18.2 Å². The van der Waals surface area contributed by atoms with Gasteiger partial charge in [0.25, 0.3) is 0 Å². The number of carbonyl (C=O) groups excluding carboxylic acids is 1.